The average molecular weight is 739 g/mol. The summed E-state index contributed by atoms with van der Waals surface area (Å²) in [7, 11) is 0. The summed E-state index contributed by atoms with van der Waals surface area (Å²) in [5.74, 6) is 5.51. The van der Waals surface area contributed by atoms with Crippen molar-refractivity contribution in [3.63, 3.8) is 0 Å². The molecule has 9 nitrogen and oxygen atoms in total. The van der Waals surface area contributed by atoms with Crippen molar-refractivity contribution >= 4 is 34.9 Å². The molecule has 0 saturated carbocycles. The molecule has 1 aromatic heterocycles. The van der Waals surface area contributed by atoms with Crippen LogP contribution in [0, 0.1) is 17.8 Å². The van der Waals surface area contributed by atoms with Crippen LogP contribution in [0.2, 0.25) is 0 Å². The van der Waals surface area contributed by atoms with Crippen molar-refractivity contribution in [1.29, 1.82) is 0 Å². The van der Waals surface area contributed by atoms with Gasteiger partial charge >= 0.3 is 0 Å². The quantitative estimate of drug-likeness (QED) is 0.0551. The number of anilines is 6. The Kier molecular flexibility index (Phi) is 18.8. The van der Waals surface area contributed by atoms with Gasteiger partial charge in [0.2, 0.25) is 17.8 Å². The molecule has 4 aromatic rings. The predicted octanol–water partition coefficient (Wildman–Crippen LogP) is 12.9. The highest BCUT2D eigenvalue weighted by Crippen LogP contribution is 2.26. The molecule has 0 spiro atoms. The van der Waals surface area contributed by atoms with Crippen molar-refractivity contribution in [3.05, 3.63) is 72.8 Å². The Morgan fingerprint density at radius 3 is 0.889 bits per heavy atom. The Morgan fingerprint density at radius 2 is 0.667 bits per heavy atom. The summed E-state index contributed by atoms with van der Waals surface area (Å²) in [6, 6.07) is 23.8. The highest BCUT2D eigenvalue weighted by Gasteiger charge is 2.12. The third-order valence-electron chi connectivity index (χ3n) is 10.1. The van der Waals surface area contributed by atoms with Crippen molar-refractivity contribution in [2.45, 2.75) is 119 Å². The molecule has 0 aliphatic rings. The fourth-order valence-electron chi connectivity index (χ4n) is 6.17. The zero-order valence-electron chi connectivity index (χ0n) is 33.8. The van der Waals surface area contributed by atoms with E-state index in [1.165, 1.54) is 57.8 Å². The molecule has 3 N–H and O–H groups in total. The van der Waals surface area contributed by atoms with Crippen molar-refractivity contribution < 1.29 is 14.2 Å². The number of hydrogen-bond donors (Lipinski definition) is 3. The zero-order valence-corrected chi connectivity index (χ0v) is 33.8. The molecule has 0 aliphatic carbocycles. The lowest BCUT2D eigenvalue weighted by Gasteiger charge is -2.16. The number of unbranched alkanes of at least 4 members (excludes halogenated alkanes) is 3. The Bertz CT molecular complexity index is 1380. The summed E-state index contributed by atoms with van der Waals surface area (Å²) in [5.41, 5.74) is 2.54. The van der Waals surface area contributed by atoms with Gasteiger partial charge in [0.1, 0.15) is 17.2 Å². The molecule has 1 heterocycles. The molecule has 0 saturated heterocycles. The van der Waals surface area contributed by atoms with Crippen LogP contribution in [0.15, 0.2) is 72.8 Å². The maximum Gasteiger partial charge on any atom is 0.233 e. The van der Waals surface area contributed by atoms with E-state index < -0.39 is 0 Å². The fraction of sp³-hybridized carbons (Fsp3) is 0.533. The van der Waals surface area contributed by atoms with Gasteiger partial charge in [-0.15, -0.1) is 0 Å². The largest absolute Gasteiger partial charge is 0.493 e. The molecule has 9 heteroatoms. The van der Waals surface area contributed by atoms with E-state index in [1.54, 1.807) is 0 Å². The summed E-state index contributed by atoms with van der Waals surface area (Å²) in [6.45, 7) is 15.6. The topological polar surface area (TPSA) is 102 Å². The maximum atomic E-state index is 6.14. The van der Waals surface area contributed by atoms with E-state index >= 15 is 0 Å². The monoisotopic (exact) mass is 739 g/mol. The molecular formula is C45H66N6O3. The van der Waals surface area contributed by atoms with Crippen LogP contribution in [0.3, 0.4) is 0 Å². The van der Waals surface area contributed by atoms with Crippen LogP contribution in [0.25, 0.3) is 0 Å². The third-order valence-corrected chi connectivity index (χ3v) is 10.1. The van der Waals surface area contributed by atoms with E-state index in [0.717, 1.165) is 73.4 Å². The van der Waals surface area contributed by atoms with Crippen molar-refractivity contribution in [1.82, 2.24) is 15.0 Å². The van der Waals surface area contributed by atoms with Gasteiger partial charge < -0.3 is 30.2 Å². The summed E-state index contributed by atoms with van der Waals surface area (Å²) in [4.78, 5) is 14.2. The van der Waals surface area contributed by atoms with Crippen LogP contribution in [0.4, 0.5) is 34.9 Å². The normalized spacial score (nSPS) is 12.8. The number of aromatic nitrogens is 3. The minimum Gasteiger partial charge on any atom is -0.493 e. The molecule has 54 heavy (non-hydrogen) atoms. The SMILES string of the molecule is CCCCC(CC)COc1ccc(Nc2nc(Nc3ccc(OCC(CC)CCCC)cc3)nc(Nc3ccc(OCC(CC)CCCC)cc3)n2)cc1. The first-order chi connectivity index (χ1) is 26.4. The Labute approximate surface area is 325 Å². The minimum absolute atomic E-state index is 0.407. The zero-order chi connectivity index (χ0) is 38.4. The van der Waals surface area contributed by atoms with Gasteiger partial charge in [0.15, 0.2) is 0 Å². The number of ether oxygens (including phenoxy) is 3. The lowest BCUT2D eigenvalue weighted by molar-refractivity contribution is 0.233. The first-order valence-corrected chi connectivity index (χ1v) is 20.7. The highest BCUT2D eigenvalue weighted by atomic mass is 16.5. The number of nitrogens with zero attached hydrogens (tertiary/aromatic N) is 3. The molecule has 0 fully saturated rings. The van der Waals surface area contributed by atoms with Gasteiger partial charge in [-0.1, -0.05) is 99.3 Å². The summed E-state index contributed by atoms with van der Waals surface area (Å²) in [6.07, 6.45) is 14.3. The van der Waals surface area contributed by atoms with E-state index in [-0.39, 0.29) is 0 Å². The Morgan fingerprint density at radius 1 is 0.407 bits per heavy atom. The molecule has 3 aromatic carbocycles. The van der Waals surface area contributed by atoms with Gasteiger partial charge in [0.25, 0.3) is 0 Å². The van der Waals surface area contributed by atoms with Crippen LogP contribution in [-0.2, 0) is 0 Å². The van der Waals surface area contributed by atoms with Crippen LogP contribution >= 0.6 is 0 Å². The van der Waals surface area contributed by atoms with Gasteiger partial charge in [-0.05, 0) is 110 Å². The van der Waals surface area contributed by atoms with E-state index in [0.29, 0.717) is 35.6 Å². The van der Waals surface area contributed by atoms with Crippen LogP contribution in [0.1, 0.15) is 119 Å². The third kappa shape index (κ3) is 15.1. The van der Waals surface area contributed by atoms with Crippen molar-refractivity contribution in [2.75, 3.05) is 35.8 Å². The second-order valence-electron chi connectivity index (χ2n) is 14.4. The van der Waals surface area contributed by atoms with E-state index in [4.69, 9.17) is 29.2 Å². The Balaban J connectivity index is 1.46. The smallest absolute Gasteiger partial charge is 0.233 e. The standard InChI is InChI=1S/C45H66N6O3/c1-7-13-16-34(10-4)31-52-40-25-19-37(20-26-40)46-43-49-44(47-38-21-27-41(28-22-38)53-32-35(11-5)17-14-8-2)51-45(50-43)48-39-23-29-42(30-24-39)54-33-36(12-6)18-15-9-3/h19-30,34-36H,7-18,31-33H2,1-6H3,(H3,46,47,48,49,50,51). The van der Waals surface area contributed by atoms with Gasteiger partial charge in [-0.25, -0.2) is 0 Å². The molecule has 294 valence electrons. The molecule has 3 unspecified atom stereocenters. The fourth-order valence-corrected chi connectivity index (χ4v) is 6.17. The second-order valence-corrected chi connectivity index (χ2v) is 14.4. The van der Waals surface area contributed by atoms with E-state index in [1.807, 2.05) is 72.8 Å². The average Bonchev–Trinajstić information content (AvgIpc) is 3.20. The highest BCUT2D eigenvalue weighted by molar-refractivity contribution is 5.62. The molecule has 0 radical (unpaired) electrons. The number of benzene rings is 3. The number of rotatable bonds is 27. The van der Waals surface area contributed by atoms with Crippen LogP contribution in [-0.4, -0.2) is 34.8 Å². The molecule has 0 aliphatic heterocycles. The van der Waals surface area contributed by atoms with Crippen LogP contribution < -0.4 is 30.2 Å². The number of hydrogen-bond acceptors (Lipinski definition) is 9. The summed E-state index contributed by atoms with van der Waals surface area (Å²) < 4.78 is 18.4. The van der Waals surface area contributed by atoms with Crippen LogP contribution in [0.5, 0.6) is 17.2 Å². The summed E-state index contributed by atoms with van der Waals surface area (Å²) in [5, 5.41) is 10.1. The Hall–Kier alpha value is -4.53. The molecular weight excluding hydrogens is 673 g/mol. The predicted molar refractivity (Wildman–Crippen MR) is 225 cm³/mol. The lowest BCUT2D eigenvalue weighted by atomic mass is 10.0. The van der Waals surface area contributed by atoms with Gasteiger partial charge in [0, 0.05) is 17.1 Å². The summed E-state index contributed by atoms with van der Waals surface area (Å²) >= 11 is 0. The molecule has 0 bridgehead atoms. The van der Waals surface area contributed by atoms with Gasteiger partial charge in [0.05, 0.1) is 19.8 Å². The van der Waals surface area contributed by atoms with Gasteiger partial charge in [-0.2, -0.15) is 15.0 Å². The first kappa shape index (κ1) is 42.2. The van der Waals surface area contributed by atoms with E-state index in [9.17, 15) is 0 Å². The minimum atomic E-state index is 0.407. The van der Waals surface area contributed by atoms with Gasteiger partial charge in [-0.3, -0.25) is 0 Å². The first-order valence-electron chi connectivity index (χ1n) is 20.7. The van der Waals surface area contributed by atoms with Crippen molar-refractivity contribution in [3.8, 4) is 17.2 Å². The molecule has 4 rings (SSSR count). The van der Waals surface area contributed by atoms with Crippen molar-refractivity contribution in [2.24, 2.45) is 17.8 Å². The maximum absolute atomic E-state index is 6.14. The van der Waals surface area contributed by atoms with E-state index in [2.05, 4.69) is 57.5 Å². The molecule has 0 amide bonds. The molecule has 3 atom stereocenters. The lowest BCUT2D eigenvalue weighted by Crippen LogP contribution is -2.11. The second kappa shape index (κ2) is 24.0. The number of nitrogens with one attached hydrogen (secondary N) is 3.